The number of nitrogens with zero attached hydrogens (tertiary/aromatic N) is 3. The highest BCUT2D eigenvalue weighted by atomic mass is 35.5. The van der Waals surface area contributed by atoms with Gasteiger partial charge in [-0.3, -0.25) is 10.2 Å². The first-order chi connectivity index (χ1) is 10.9. The monoisotopic (exact) mass is 417 g/mol. The van der Waals surface area contributed by atoms with Crippen LogP contribution in [0.3, 0.4) is 0 Å². The van der Waals surface area contributed by atoms with Gasteiger partial charge in [-0.15, -0.1) is 24.8 Å². The molecule has 2 aliphatic heterocycles. The van der Waals surface area contributed by atoms with Crippen LogP contribution in [0.5, 0.6) is 0 Å². The van der Waals surface area contributed by atoms with E-state index < -0.39 is 18.4 Å². The summed E-state index contributed by atoms with van der Waals surface area (Å²) in [5.41, 5.74) is 3.34. The van der Waals surface area contributed by atoms with Crippen molar-refractivity contribution in [2.45, 2.75) is 12.3 Å². The fourth-order valence-electron chi connectivity index (χ4n) is 2.73. The smallest absolute Gasteiger partial charge is 0.284 e. The molecule has 0 saturated carbocycles. The number of rotatable bonds is 3. The number of hydrazine groups is 1. The summed E-state index contributed by atoms with van der Waals surface area (Å²) < 4.78 is 26.3. The highest BCUT2D eigenvalue weighted by molar-refractivity contribution is 6.32. The summed E-state index contributed by atoms with van der Waals surface area (Å²) in [6.45, 7) is 2.99. The van der Waals surface area contributed by atoms with E-state index in [0.29, 0.717) is 0 Å². The Morgan fingerprint density at radius 3 is 2.48 bits per heavy atom. The number of alkyl halides is 2. The van der Waals surface area contributed by atoms with Crippen LogP contribution in [0.2, 0.25) is 5.15 Å². The molecule has 142 valence electrons. The van der Waals surface area contributed by atoms with Gasteiger partial charge in [-0.1, -0.05) is 11.6 Å². The number of anilines is 1. The maximum Gasteiger partial charge on any atom is 0.284 e. The molecule has 0 unspecified atom stereocenters. The molecule has 0 radical (unpaired) electrons. The molecule has 11 heteroatoms. The highest BCUT2D eigenvalue weighted by Gasteiger charge is 2.39. The van der Waals surface area contributed by atoms with E-state index in [-0.39, 0.29) is 48.6 Å². The van der Waals surface area contributed by atoms with Gasteiger partial charge in [0.25, 0.3) is 11.8 Å². The summed E-state index contributed by atoms with van der Waals surface area (Å²) in [6.07, 6.45) is -0.261. The number of pyridine rings is 1. The molecule has 6 nitrogen and oxygen atoms in total. The zero-order chi connectivity index (χ0) is 16.4. The summed E-state index contributed by atoms with van der Waals surface area (Å²) >= 11 is 6.18. The van der Waals surface area contributed by atoms with Crippen molar-refractivity contribution < 1.29 is 13.6 Å². The van der Waals surface area contributed by atoms with Gasteiger partial charge in [-0.05, 0) is 12.1 Å². The molecule has 3 heterocycles. The number of carbonyl (C=O) groups excluding carboxylic acids is 1. The number of hydrogen-bond donors (Lipinski definition) is 2. The lowest BCUT2D eigenvalue weighted by atomic mass is 10.2. The first-order valence-corrected chi connectivity index (χ1v) is 7.88. The van der Waals surface area contributed by atoms with Gasteiger partial charge < -0.3 is 10.2 Å². The number of aromatic nitrogens is 1. The van der Waals surface area contributed by atoms with Crippen LogP contribution in [-0.2, 0) is 0 Å². The Labute approximate surface area is 162 Å². The molecule has 3 rings (SSSR count). The average Bonchev–Trinajstić information content (AvgIpc) is 2.86. The van der Waals surface area contributed by atoms with Crippen molar-refractivity contribution in [1.29, 1.82) is 0 Å². The van der Waals surface area contributed by atoms with E-state index in [9.17, 15) is 13.6 Å². The molecular formula is C14H20Cl3F2N5O. The molecule has 25 heavy (non-hydrogen) atoms. The second kappa shape index (κ2) is 9.14. The van der Waals surface area contributed by atoms with Gasteiger partial charge in [0.15, 0.2) is 5.15 Å². The van der Waals surface area contributed by atoms with Gasteiger partial charge in [0.2, 0.25) is 0 Å². The van der Waals surface area contributed by atoms with Crippen molar-refractivity contribution in [3.63, 3.8) is 0 Å². The standard InChI is InChI=1S/C14H18ClF2N5O.2ClH/c15-12-11(21-7-4-18-5-8-21)2-1-10(19-12)13(23)20-22-6-3-14(16,17)9-22;;/h1-2,18H,3-9H2,(H,20,23);2*1H. The molecule has 2 N–H and O–H groups in total. The van der Waals surface area contributed by atoms with Gasteiger partial charge in [0.05, 0.1) is 12.2 Å². The average molecular weight is 419 g/mol. The van der Waals surface area contributed by atoms with Gasteiger partial charge in [-0.25, -0.2) is 18.8 Å². The second-order valence-electron chi connectivity index (χ2n) is 5.71. The molecule has 2 fully saturated rings. The van der Waals surface area contributed by atoms with Crippen LogP contribution in [-0.4, -0.2) is 61.1 Å². The minimum absolute atomic E-state index is 0. The van der Waals surface area contributed by atoms with E-state index in [1.807, 2.05) is 0 Å². The molecular weight excluding hydrogens is 399 g/mol. The number of halogens is 5. The van der Waals surface area contributed by atoms with Crippen LogP contribution in [0.1, 0.15) is 16.9 Å². The largest absolute Gasteiger partial charge is 0.366 e. The lowest BCUT2D eigenvalue weighted by Crippen LogP contribution is -2.44. The summed E-state index contributed by atoms with van der Waals surface area (Å²) in [6, 6.07) is 3.31. The minimum Gasteiger partial charge on any atom is -0.366 e. The molecule has 0 spiro atoms. The number of amides is 1. The normalized spacial score (nSPS) is 19.7. The van der Waals surface area contributed by atoms with Crippen molar-refractivity contribution in [1.82, 2.24) is 20.7 Å². The third-order valence-electron chi connectivity index (χ3n) is 3.95. The summed E-state index contributed by atoms with van der Waals surface area (Å²) in [7, 11) is 0. The second-order valence-corrected chi connectivity index (χ2v) is 6.07. The Bertz CT molecular complexity index is 602. The van der Waals surface area contributed by atoms with Gasteiger partial charge in [-0.2, -0.15) is 0 Å². The summed E-state index contributed by atoms with van der Waals surface area (Å²) in [4.78, 5) is 18.3. The van der Waals surface area contributed by atoms with Crippen LogP contribution < -0.4 is 15.6 Å². The number of nitrogens with one attached hydrogen (secondary N) is 2. The third-order valence-corrected chi connectivity index (χ3v) is 4.23. The van der Waals surface area contributed by atoms with Crippen LogP contribution >= 0.6 is 36.4 Å². The molecule has 0 atom stereocenters. The predicted molar refractivity (Wildman–Crippen MR) is 97.4 cm³/mol. The number of piperazine rings is 1. The lowest BCUT2D eigenvalue weighted by molar-refractivity contribution is 0.00699. The Kier molecular flexibility index (Phi) is 8.08. The minimum atomic E-state index is -2.76. The molecule has 0 aliphatic carbocycles. The SMILES string of the molecule is Cl.Cl.O=C(NN1CCC(F)(F)C1)c1ccc(N2CCNCC2)c(Cl)n1. The Hall–Kier alpha value is -0.930. The first kappa shape index (κ1) is 22.1. The van der Waals surface area contributed by atoms with Crippen molar-refractivity contribution in [2.75, 3.05) is 44.2 Å². The van der Waals surface area contributed by atoms with E-state index in [1.165, 1.54) is 5.01 Å². The molecule has 1 amide bonds. The number of hydrogen-bond acceptors (Lipinski definition) is 5. The van der Waals surface area contributed by atoms with Gasteiger partial charge in [0.1, 0.15) is 5.69 Å². The molecule has 1 aromatic heterocycles. The van der Waals surface area contributed by atoms with E-state index in [2.05, 4.69) is 20.6 Å². The predicted octanol–water partition coefficient (Wildman–Crippen LogP) is 1.97. The van der Waals surface area contributed by atoms with E-state index in [0.717, 1.165) is 31.9 Å². The van der Waals surface area contributed by atoms with Crippen LogP contribution in [0.15, 0.2) is 12.1 Å². The van der Waals surface area contributed by atoms with Crippen molar-refractivity contribution >= 4 is 48.0 Å². The van der Waals surface area contributed by atoms with Crippen LogP contribution in [0, 0.1) is 0 Å². The van der Waals surface area contributed by atoms with E-state index >= 15 is 0 Å². The number of carbonyl (C=O) groups is 1. The zero-order valence-corrected chi connectivity index (χ0v) is 15.7. The van der Waals surface area contributed by atoms with E-state index in [1.54, 1.807) is 12.1 Å². The first-order valence-electron chi connectivity index (χ1n) is 7.51. The molecule has 1 aromatic rings. The molecule has 0 aromatic carbocycles. The van der Waals surface area contributed by atoms with Crippen LogP contribution in [0.4, 0.5) is 14.5 Å². The molecule has 2 aliphatic rings. The van der Waals surface area contributed by atoms with Crippen molar-refractivity contribution in [3.05, 3.63) is 23.0 Å². The quantitative estimate of drug-likeness (QED) is 0.735. The maximum absolute atomic E-state index is 13.1. The zero-order valence-electron chi connectivity index (χ0n) is 13.3. The fourth-order valence-corrected chi connectivity index (χ4v) is 3.00. The third kappa shape index (κ3) is 5.52. The molecule has 0 bridgehead atoms. The summed E-state index contributed by atoms with van der Waals surface area (Å²) in [5.74, 6) is -3.29. The lowest BCUT2D eigenvalue weighted by Gasteiger charge is -2.29. The topological polar surface area (TPSA) is 60.5 Å². The highest BCUT2D eigenvalue weighted by Crippen LogP contribution is 2.26. The van der Waals surface area contributed by atoms with Gasteiger partial charge >= 0.3 is 0 Å². The fraction of sp³-hybridized carbons (Fsp3) is 0.571. The van der Waals surface area contributed by atoms with Gasteiger partial charge in [0, 0.05) is 39.1 Å². The summed E-state index contributed by atoms with van der Waals surface area (Å²) in [5, 5.41) is 4.70. The van der Waals surface area contributed by atoms with Crippen molar-refractivity contribution in [3.8, 4) is 0 Å². The Morgan fingerprint density at radius 1 is 1.24 bits per heavy atom. The van der Waals surface area contributed by atoms with Crippen LogP contribution in [0.25, 0.3) is 0 Å². The maximum atomic E-state index is 13.1. The molecule has 2 saturated heterocycles. The van der Waals surface area contributed by atoms with E-state index in [4.69, 9.17) is 11.6 Å². The Balaban J connectivity index is 0.00000156. The Morgan fingerprint density at radius 2 is 1.92 bits per heavy atom. The van der Waals surface area contributed by atoms with Crippen molar-refractivity contribution in [2.24, 2.45) is 0 Å².